The summed E-state index contributed by atoms with van der Waals surface area (Å²) in [7, 11) is 1.61. The zero-order valence-electron chi connectivity index (χ0n) is 9.03. The molecule has 1 heterocycles. The van der Waals surface area contributed by atoms with E-state index < -0.39 is 0 Å². The molecule has 2 rings (SSSR count). The third-order valence-electron chi connectivity index (χ3n) is 2.16. The maximum absolute atomic E-state index is 5.48. The zero-order valence-corrected chi connectivity index (χ0v) is 10.6. The highest BCUT2D eigenvalue weighted by Crippen LogP contribution is 2.31. The molecule has 84 valence electrons. The Morgan fingerprint density at radius 1 is 1.38 bits per heavy atom. The number of halogens is 1. The molecule has 0 amide bonds. The van der Waals surface area contributed by atoms with Gasteiger partial charge in [-0.2, -0.15) is 0 Å². The predicted octanol–water partition coefficient (Wildman–Crippen LogP) is 3.07. The van der Waals surface area contributed by atoms with Crippen LogP contribution in [0.25, 0.3) is 11.5 Å². The first-order chi connectivity index (χ1) is 7.74. The van der Waals surface area contributed by atoms with E-state index in [2.05, 4.69) is 26.1 Å². The van der Waals surface area contributed by atoms with Crippen molar-refractivity contribution in [2.45, 2.75) is 13.3 Å². The lowest BCUT2D eigenvalue weighted by molar-refractivity contribution is 0.413. The van der Waals surface area contributed by atoms with Gasteiger partial charge in [-0.3, -0.25) is 0 Å². The summed E-state index contributed by atoms with van der Waals surface area (Å²) in [5.74, 6) is 1.82. The van der Waals surface area contributed by atoms with Gasteiger partial charge in [0.25, 0.3) is 5.89 Å². The van der Waals surface area contributed by atoms with Crippen molar-refractivity contribution in [1.29, 1.82) is 0 Å². The Morgan fingerprint density at radius 3 is 2.81 bits per heavy atom. The van der Waals surface area contributed by atoms with Crippen molar-refractivity contribution < 1.29 is 9.15 Å². The quantitative estimate of drug-likeness (QED) is 0.868. The van der Waals surface area contributed by atoms with Gasteiger partial charge in [-0.1, -0.05) is 22.9 Å². The number of methoxy groups -OCH3 is 1. The van der Waals surface area contributed by atoms with Crippen LogP contribution in [-0.2, 0) is 6.42 Å². The minimum atomic E-state index is 0.487. The maximum atomic E-state index is 5.48. The normalized spacial score (nSPS) is 10.4. The summed E-state index contributed by atoms with van der Waals surface area (Å²) in [6.07, 6.45) is 0.728. The second kappa shape index (κ2) is 4.65. The van der Waals surface area contributed by atoms with E-state index in [9.17, 15) is 0 Å². The second-order valence-corrected chi connectivity index (χ2v) is 4.11. The first-order valence-corrected chi connectivity index (χ1v) is 5.70. The summed E-state index contributed by atoms with van der Waals surface area (Å²) in [5.41, 5.74) is 0.804. The third-order valence-corrected chi connectivity index (χ3v) is 2.66. The Morgan fingerprint density at radius 2 is 2.19 bits per heavy atom. The molecule has 0 radical (unpaired) electrons. The molecule has 0 aliphatic rings. The molecule has 0 atom stereocenters. The predicted molar refractivity (Wildman–Crippen MR) is 63.4 cm³/mol. The summed E-state index contributed by atoms with van der Waals surface area (Å²) in [6, 6.07) is 5.66. The molecule has 2 aromatic rings. The van der Waals surface area contributed by atoms with Crippen LogP contribution in [0.2, 0.25) is 0 Å². The molecule has 16 heavy (non-hydrogen) atoms. The standard InChI is InChI=1S/C11H11BrN2O2/c1-3-10-13-14-11(16-10)8-5-4-7(12)6-9(8)15-2/h4-6H,3H2,1-2H3. The lowest BCUT2D eigenvalue weighted by Crippen LogP contribution is -1.88. The SMILES string of the molecule is CCc1nnc(-c2ccc(Br)cc2OC)o1. The van der Waals surface area contributed by atoms with Gasteiger partial charge in [0, 0.05) is 10.9 Å². The number of aromatic nitrogens is 2. The Kier molecular flexibility index (Phi) is 3.24. The Hall–Kier alpha value is -1.36. The van der Waals surface area contributed by atoms with Crippen LogP contribution in [0, 0.1) is 0 Å². The molecule has 0 aliphatic heterocycles. The van der Waals surface area contributed by atoms with Crippen molar-refractivity contribution in [2.75, 3.05) is 7.11 Å². The van der Waals surface area contributed by atoms with E-state index in [4.69, 9.17) is 9.15 Å². The fraction of sp³-hybridized carbons (Fsp3) is 0.273. The molecule has 0 spiro atoms. The highest BCUT2D eigenvalue weighted by molar-refractivity contribution is 9.10. The van der Waals surface area contributed by atoms with Crippen LogP contribution in [0.1, 0.15) is 12.8 Å². The minimum Gasteiger partial charge on any atom is -0.496 e. The molecule has 5 heteroatoms. The second-order valence-electron chi connectivity index (χ2n) is 3.20. The van der Waals surface area contributed by atoms with Gasteiger partial charge >= 0.3 is 0 Å². The van der Waals surface area contributed by atoms with Crippen molar-refractivity contribution in [3.8, 4) is 17.2 Å². The smallest absolute Gasteiger partial charge is 0.251 e. The fourth-order valence-electron chi connectivity index (χ4n) is 1.35. The van der Waals surface area contributed by atoms with Gasteiger partial charge in [0.2, 0.25) is 5.89 Å². The number of hydrogen-bond donors (Lipinski definition) is 0. The van der Waals surface area contributed by atoms with Gasteiger partial charge in [0.05, 0.1) is 12.7 Å². The number of benzene rings is 1. The molecule has 1 aromatic carbocycles. The van der Waals surface area contributed by atoms with Gasteiger partial charge in [-0.25, -0.2) is 0 Å². The van der Waals surface area contributed by atoms with Gasteiger partial charge in [-0.15, -0.1) is 10.2 Å². The number of ether oxygens (including phenoxy) is 1. The number of hydrogen-bond acceptors (Lipinski definition) is 4. The van der Waals surface area contributed by atoms with E-state index in [1.54, 1.807) is 7.11 Å². The average molecular weight is 283 g/mol. The first kappa shape index (κ1) is 11.1. The summed E-state index contributed by atoms with van der Waals surface area (Å²) in [5, 5.41) is 7.91. The van der Waals surface area contributed by atoms with E-state index in [-0.39, 0.29) is 0 Å². The summed E-state index contributed by atoms with van der Waals surface area (Å²) in [4.78, 5) is 0. The van der Waals surface area contributed by atoms with E-state index in [1.807, 2.05) is 25.1 Å². The largest absolute Gasteiger partial charge is 0.496 e. The topological polar surface area (TPSA) is 48.2 Å². The monoisotopic (exact) mass is 282 g/mol. The molecular formula is C11H11BrN2O2. The summed E-state index contributed by atoms with van der Waals surface area (Å²) in [6.45, 7) is 1.97. The Bertz CT molecular complexity index is 496. The van der Waals surface area contributed by atoms with Crippen LogP contribution < -0.4 is 4.74 Å². The lowest BCUT2D eigenvalue weighted by Gasteiger charge is -2.04. The van der Waals surface area contributed by atoms with Crippen LogP contribution in [0.5, 0.6) is 5.75 Å². The van der Waals surface area contributed by atoms with Gasteiger partial charge in [0.15, 0.2) is 0 Å². The van der Waals surface area contributed by atoms with Crippen LogP contribution in [0.4, 0.5) is 0 Å². The first-order valence-electron chi connectivity index (χ1n) is 4.91. The minimum absolute atomic E-state index is 0.487. The molecule has 4 nitrogen and oxygen atoms in total. The zero-order chi connectivity index (χ0) is 11.5. The van der Waals surface area contributed by atoms with Crippen molar-refractivity contribution in [2.24, 2.45) is 0 Å². The van der Waals surface area contributed by atoms with E-state index in [1.165, 1.54) is 0 Å². The molecule has 0 fully saturated rings. The van der Waals surface area contributed by atoms with E-state index >= 15 is 0 Å². The number of nitrogens with zero attached hydrogens (tertiary/aromatic N) is 2. The number of aryl methyl sites for hydroxylation is 1. The Balaban J connectivity index is 2.46. The Labute approximate surface area is 102 Å². The fourth-order valence-corrected chi connectivity index (χ4v) is 1.69. The van der Waals surface area contributed by atoms with Crippen molar-refractivity contribution in [3.63, 3.8) is 0 Å². The molecular weight excluding hydrogens is 272 g/mol. The van der Waals surface area contributed by atoms with Gasteiger partial charge in [-0.05, 0) is 18.2 Å². The van der Waals surface area contributed by atoms with Crippen LogP contribution >= 0.6 is 15.9 Å². The van der Waals surface area contributed by atoms with Crippen molar-refractivity contribution in [3.05, 3.63) is 28.6 Å². The van der Waals surface area contributed by atoms with Gasteiger partial charge in [0.1, 0.15) is 5.75 Å². The van der Waals surface area contributed by atoms with Crippen molar-refractivity contribution in [1.82, 2.24) is 10.2 Å². The molecule has 0 bridgehead atoms. The molecule has 1 aromatic heterocycles. The van der Waals surface area contributed by atoms with Gasteiger partial charge < -0.3 is 9.15 Å². The molecule has 0 unspecified atom stereocenters. The summed E-state index contributed by atoms with van der Waals surface area (Å²) < 4.78 is 11.7. The highest BCUT2D eigenvalue weighted by Gasteiger charge is 2.12. The van der Waals surface area contributed by atoms with Crippen LogP contribution in [-0.4, -0.2) is 17.3 Å². The van der Waals surface area contributed by atoms with Crippen LogP contribution in [0.3, 0.4) is 0 Å². The lowest BCUT2D eigenvalue weighted by atomic mass is 10.2. The highest BCUT2D eigenvalue weighted by atomic mass is 79.9. The maximum Gasteiger partial charge on any atom is 0.251 e. The van der Waals surface area contributed by atoms with Crippen molar-refractivity contribution >= 4 is 15.9 Å². The molecule has 0 aliphatic carbocycles. The van der Waals surface area contributed by atoms with Crippen LogP contribution in [0.15, 0.2) is 27.1 Å². The number of rotatable bonds is 3. The van der Waals surface area contributed by atoms with E-state index in [0.717, 1.165) is 16.5 Å². The average Bonchev–Trinajstić information content (AvgIpc) is 2.77. The molecule has 0 saturated heterocycles. The summed E-state index contributed by atoms with van der Waals surface area (Å²) >= 11 is 3.38. The third kappa shape index (κ3) is 2.09. The van der Waals surface area contributed by atoms with E-state index in [0.29, 0.717) is 17.5 Å². The molecule has 0 saturated carbocycles. The molecule has 0 N–H and O–H groups in total.